The van der Waals surface area contributed by atoms with Gasteiger partial charge in [0.25, 0.3) is 16.8 Å². The highest BCUT2D eigenvalue weighted by molar-refractivity contribution is 8.18. The number of carbonyl (C=O) groups is 2. The van der Waals surface area contributed by atoms with E-state index in [1.165, 1.54) is 4.90 Å². The first-order chi connectivity index (χ1) is 19.8. The normalized spacial score (nSPS) is 16.8. The fraction of sp³-hybridized carbons (Fsp3) is 0.250. The summed E-state index contributed by atoms with van der Waals surface area (Å²) in [6.45, 7) is 5.70. The van der Waals surface area contributed by atoms with Crippen molar-refractivity contribution in [3.05, 3.63) is 104 Å². The standard InChI is InChI=1S/C32H30N4O4S/c1-21-16-26(22(2)35(21)27-12-13-28(29(19-27)36(39)40)33-14-6-3-7-15-33)18-30-31(37)34(32(38)41-30)20-23-10-11-24-8-4-5-9-25(24)17-23/h4-5,8-13,16-19H,3,6-7,14-15,20H2,1-2H3/b30-18-. The number of imide groups is 1. The van der Waals surface area contributed by atoms with Gasteiger partial charge in [0, 0.05) is 30.5 Å². The number of benzene rings is 3. The Balaban J connectivity index is 1.27. The first-order valence-corrected chi connectivity index (χ1v) is 14.6. The maximum atomic E-state index is 13.3. The predicted molar refractivity (Wildman–Crippen MR) is 163 cm³/mol. The van der Waals surface area contributed by atoms with E-state index in [2.05, 4.69) is 4.90 Å². The summed E-state index contributed by atoms with van der Waals surface area (Å²) >= 11 is 0.938. The minimum atomic E-state index is -0.320. The van der Waals surface area contributed by atoms with Gasteiger partial charge in [-0.25, -0.2) is 0 Å². The topological polar surface area (TPSA) is 88.7 Å². The van der Waals surface area contributed by atoms with Crippen LogP contribution in [0.3, 0.4) is 0 Å². The van der Waals surface area contributed by atoms with Gasteiger partial charge in [-0.3, -0.25) is 24.6 Å². The van der Waals surface area contributed by atoms with Crippen LogP contribution in [0.5, 0.6) is 0 Å². The van der Waals surface area contributed by atoms with Crippen molar-refractivity contribution in [2.75, 3.05) is 18.0 Å². The third-order valence-electron chi connectivity index (χ3n) is 7.90. The van der Waals surface area contributed by atoms with E-state index < -0.39 is 0 Å². The molecule has 41 heavy (non-hydrogen) atoms. The van der Waals surface area contributed by atoms with Crippen LogP contribution in [-0.4, -0.2) is 38.6 Å². The summed E-state index contributed by atoms with van der Waals surface area (Å²) in [5.41, 5.74) is 4.83. The first-order valence-electron chi connectivity index (χ1n) is 13.8. The van der Waals surface area contributed by atoms with Gasteiger partial charge in [-0.2, -0.15) is 0 Å². The Morgan fingerprint density at radius 3 is 2.44 bits per heavy atom. The van der Waals surface area contributed by atoms with Crippen LogP contribution >= 0.6 is 11.8 Å². The highest BCUT2D eigenvalue weighted by Gasteiger charge is 2.35. The number of hydrogen-bond donors (Lipinski definition) is 0. The molecule has 0 spiro atoms. The number of amides is 2. The van der Waals surface area contributed by atoms with Crippen LogP contribution in [0.15, 0.2) is 71.6 Å². The molecule has 2 aliphatic heterocycles. The molecule has 4 aromatic rings. The molecule has 0 unspecified atom stereocenters. The van der Waals surface area contributed by atoms with Gasteiger partial charge in [-0.05, 0) is 97.1 Å². The molecule has 0 saturated carbocycles. The summed E-state index contributed by atoms with van der Waals surface area (Å²) in [6, 6.07) is 21.3. The average molecular weight is 567 g/mol. The number of fused-ring (bicyclic) bond motifs is 1. The number of rotatable bonds is 6. The van der Waals surface area contributed by atoms with Crippen LogP contribution in [-0.2, 0) is 11.3 Å². The molecular formula is C32H30N4O4S. The van der Waals surface area contributed by atoms with Crippen LogP contribution in [0.1, 0.15) is 41.8 Å². The van der Waals surface area contributed by atoms with E-state index >= 15 is 0 Å². The van der Waals surface area contributed by atoms with Gasteiger partial charge in [0.1, 0.15) is 5.69 Å². The van der Waals surface area contributed by atoms with Crippen LogP contribution in [0.2, 0.25) is 0 Å². The van der Waals surface area contributed by atoms with Gasteiger partial charge in [0.15, 0.2) is 0 Å². The summed E-state index contributed by atoms with van der Waals surface area (Å²) in [6.07, 6.45) is 4.97. The van der Waals surface area contributed by atoms with Crippen LogP contribution < -0.4 is 4.90 Å². The fourth-order valence-electron chi connectivity index (χ4n) is 5.83. The molecule has 0 aliphatic carbocycles. The Labute approximate surface area is 242 Å². The van der Waals surface area contributed by atoms with E-state index in [0.29, 0.717) is 16.3 Å². The van der Waals surface area contributed by atoms with Crippen molar-refractivity contribution in [1.29, 1.82) is 0 Å². The lowest BCUT2D eigenvalue weighted by Gasteiger charge is -2.28. The lowest BCUT2D eigenvalue weighted by atomic mass is 10.1. The van der Waals surface area contributed by atoms with Crippen LogP contribution in [0.4, 0.5) is 16.2 Å². The van der Waals surface area contributed by atoms with E-state index in [1.807, 2.05) is 79.1 Å². The van der Waals surface area contributed by atoms with Crippen LogP contribution in [0.25, 0.3) is 22.5 Å². The van der Waals surface area contributed by atoms with Crippen LogP contribution in [0, 0.1) is 24.0 Å². The molecule has 9 heteroatoms. The zero-order chi connectivity index (χ0) is 28.7. The molecule has 2 aliphatic rings. The number of aryl methyl sites for hydroxylation is 1. The third kappa shape index (κ3) is 5.13. The van der Waals surface area contributed by atoms with Gasteiger partial charge in [-0.15, -0.1) is 0 Å². The molecule has 1 aromatic heterocycles. The zero-order valence-corrected chi connectivity index (χ0v) is 23.8. The summed E-state index contributed by atoms with van der Waals surface area (Å²) in [5.74, 6) is -0.320. The number of nitrogens with zero attached hydrogens (tertiary/aromatic N) is 4. The second kappa shape index (κ2) is 10.9. The molecule has 2 amide bonds. The van der Waals surface area contributed by atoms with Gasteiger partial charge in [-0.1, -0.05) is 36.4 Å². The second-order valence-corrected chi connectivity index (χ2v) is 11.6. The Hall–Kier alpha value is -4.37. The van der Waals surface area contributed by atoms with Crippen molar-refractivity contribution in [2.45, 2.75) is 39.7 Å². The zero-order valence-electron chi connectivity index (χ0n) is 23.0. The van der Waals surface area contributed by atoms with Gasteiger partial charge in [0.05, 0.1) is 22.1 Å². The van der Waals surface area contributed by atoms with Gasteiger partial charge < -0.3 is 9.47 Å². The third-order valence-corrected chi connectivity index (χ3v) is 8.80. The Kier molecular flexibility index (Phi) is 7.13. The Morgan fingerprint density at radius 2 is 1.68 bits per heavy atom. The highest BCUT2D eigenvalue weighted by atomic mass is 32.2. The quantitative estimate of drug-likeness (QED) is 0.137. The van der Waals surface area contributed by atoms with Crippen molar-refractivity contribution < 1.29 is 14.5 Å². The van der Waals surface area contributed by atoms with Crippen molar-refractivity contribution in [3.8, 4) is 5.69 Å². The average Bonchev–Trinajstić information content (AvgIpc) is 3.41. The van der Waals surface area contributed by atoms with Crippen molar-refractivity contribution in [1.82, 2.24) is 9.47 Å². The van der Waals surface area contributed by atoms with Gasteiger partial charge in [0.2, 0.25) is 0 Å². The molecule has 3 heterocycles. The predicted octanol–water partition coefficient (Wildman–Crippen LogP) is 7.38. The highest BCUT2D eigenvalue weighted by Crippen LogP contribution is 2.37. The molecular weight excluding hydrogens is 536 g/mol. The minimum Gasteiger partial charge on any atom is -0.366 e. The molecule has 2 fully saturated rings. The van der Waals surface area contributed by atoms with E-state index in [0.717, 1.165) is 77.4 Å². The minimum absolute atomic E-state index is 0.0910. The maximum absolute atomic E-state index is 13.3. The van der Waals surface area contributed by atoms with Crippen molar-refractivity contribution >= 4 is 51.1 Å². The molecule has 8 nitrogen and oxygen atoms in total. The van der Waals surface area contributed by atoms with Crippen molar-refractivity contribution in [2.24, 2.45) is 0 Å². The molecule has 0 atom stereocenters. The number of carbonyl (C=O) groups excluding carboxylic acids is 2. The Bertz CT molecular complexity index is 1740. The monoisotopic (exact) mass is 566 g/mol. The Morgan fingerprint density at radius 1 is 0.927 bits per heavy atom. The summed E-state index contributed by atoms with van der Waals surface area (Å²) in [5, 5.41) is 13.9. The number of piperidine rings is 1. The number of hydrogen-bond acceptors (Lipinski definition) is 6. The fourth-order valence-corrected chi connectivity index (χ4v) is 6.66. The molecule has 0 N–H and O–H groups in total. The lowest BCUT2D eigenvalue weighted by molar-refractivity contribution is -0.384. The SMILES string of the molecule is Cc1cc(/C=C2\SC(=O)N(Cc3ccc4ccccc4c3)C2=O)c(C)n1-c1ccc(N2CCCCC2)c([N+](=O)[O-])c1. The first kappa shape index (κ1) is 26.8. The van der Waals surface area contributed by atoms with E-state index in [9.17, 15) is 19.7 Å². The second-order valence-electron chi connectivity index (χ2n) is 10.6. The van der Waals surface area contributed by atoms with Gasteiger partial charge >= 0.3 is 0 Å². The van der Waals surface area contributed by atoms with E-state index in [1.54, 1.807) is 12.1 Å². The molecule has 0 bridgehead atoms. The van der Waals surface area contributed by atoms with E-state index in [-0.39, 0.29) is 28.3 Å². The number of aromatic nitrogens is 1. The summed E-state index contributed by atoms with van der Waals surface area (Å²) in [7, 11) is 0. The number of nitro groups is 1. The molecule has 0 radical (unpaired) electrons. The number of nitro benzene ring substituents is 1. The molecule has 6 rings (SSSR count). The number of thioether (sulfide) groups is 1. The molecule has 3 aromatic carbocycles. The van der Waals surface area contributed by atoms with E-state index in [4.69, 9.17) is 0 Å². The summed E-state index contributed by atoms with van der Waals surface area (Å²) < 4.78 is 1.96. The lowest BCUT2D eigenvalue weighted by Crippen LogP contribution is -2.30. The molecule has 2 saturated heterocycles. The molecule has 208 valence electrons. The largest absolute Gasteiger partial charge is 0.366 e. The van der Waals surface area contributed by atoms with Crippen molar-refractivity contribution in [3.63, 3.8) is 0 Å². The maximum Gasteiger partial charge on any atom is 0.294 e. The summed E-state index contributed by atoms with van der Waals surface area (Å²) in [4.78, 5) is 41.6. The smallest absolute Gasteiger partial charge is 0.294 e. The number of anilines is 1.